The van der Waals surface area contributed by atoms with E-state index >= 15 is 0 Å². The van der Waals surface area contributed by atoms with Gasteiger partial charge in [-0.25, -0.2) is 8.42 Å². The molecule has 0 saturated carbocycles. The van der Waals surface area contributed by atoms with E-state index in [1.54, 1.807) is 6.07 Å². The van der Waals surface area contributed by atoms with Gasteiger partial charge in [0.15, 0.2) is 0 Å². The van der Waals surface area contributed by atoms with Crippen LogP contribution in [0.1, 0.15) is 35.3 Å². The topological polar surface area (TPSA) is 90.3 Å². The average Bonchev–Trinajstić information content (AvgIpc) is 3.38. The number of carbonyl (C=O) groups is 1. The predicted octanol–water partition coefficient (Wildman–Crippen LogP) is 3.86. The Morgan fingerprint density at radius 3 is 2.64 bits per heavy atom. The Kier molecular flexibility index (Phi) is 5.51. The van der Waals surface area contributed by atoms with E-state index in [9.17, 15) is 18.5 Å². The van der Waals surface area contributed by atoms with Crippen LogP contribution in [0.3, 0.4) is 0 Å². The molecule has 2 aliphatic rings. The zero-order valence-electron chi connectivity index (χ0n) is 14.9. The van der Waals surface area contributed by atoms with Gasteiger partial charge in [0.25, 0.3) is 10.0 Å². The fourth-order valence-electron chi connectivity index (χ4n) is 3.75. The number of hydrogen-bond donors (Lipinski definition) is 1. The third-order valence-corrected chi connectivity index (χ3v) is 10.0. The maximum absolute atomic E-state index is 12.7. The van der Waals surface area contributed by atoms with Crippen molar-refractivity contribution >= 4 is 55.2 Å². The van der Waals surface area contributed by atoms with E-state index in [4.69, 9.17) is 11.6 Å². The number of amides is 1. The lowest BCUT2D eigenvalue weighted by Crippen LogP contribution is -2.41. The minimum Gasteiger partial charge on any atom is -0.316 e. The Morgan fingerprint density at radius 2 is 2.00 bits per heavy atom. The van der Waals surface area contributed by atoms with Gasteiger partial charge in [-0.15, -0.1) is 22.7 Å². The molecule has 1 saturated heterocycles. The summed E-state index contributed by atoms with van der Waals surface area (Å²) < 4.78 is 27.4. The molecule has 3 heterocycles. The van der Waals surface area contributed by atoms with Crippen molar-refractivity contribution in [2.45, 2.75) is 36.3 Å². The quantitative estimate of drug-likeness (QED) is 0.757. The molecule has 1 amide bonds. The van der Waals surface area contributed by atoms with E-state index in [1.807, 2.05) is 0 Å². The maximum Gasteiger partial charge on any atom is 0.252 e. The first-order valence-electron chi connectivity index (χ1n) is 9.01. The van der Waals surface area contributed by atoms with Crippen molar-refractivity contribution in [1.29, 1.82) is 5.26 Å². The van der Waals surface area contributed by atoms with Crippen LogP contribution >= 0.6 is 34.3 Å². The molecule has 0 atom stereocenters. The molecule has 1 aliphatic heterocycles. The maximum atomic E-state index is 12.7. The number of thiophene rings is 2. The summed E-state index contributed by atoms with van der Waals surface area (Å²) in [4.78, 5) is 13.9. The van der Waals surface area contributed by atoms with Crippen LogP contribution in [0.25, 0.3) is 0 Å². The molecule has 0 bridgehead atoms. The van der Waals surface area contributed by atoms with E-state index in [-0.39, 0.29) is 16.0 Å². The van der Waals surface area contributed by atoms with Crippen molar-refractivity contribution < 1.29 is 13.2 Å². The summed E-state index contributed by atoms with van der Waals surface area (Å²) in [5.41, 5.74) is 1.68. The van der Waals surface area contributed by atoms with E-state index in [0.29, 0.717) is 40.8 Å². The van der Waals surface area contributed by atoms with Crippen molar-refractivity contribution in [2.75, 3.05) is 18.4 Å². The predicted molar refractivity (Wildman–Crippen MR) is 111 cm³/mol. The van der Waals surface area contributed by atoms with Gasteiger partial charge in [0, 0.05) is 23.9 Å². The van der Waals surface area contributed by atoms with Crippen LogP contribution in [0.2, 0.25) is 4.34 Å². The lowest BCUT2D eigenvalue weighted by atomic mass is 9.97. The minimum absolute atomic E-state index is 0.132. The number of piperidine rings is 1. The van der Waals surface area contributed by atoms with Crippen molar-refractivity contribution in [1.82, 2.24) is 4.31 Å². The molecule has 0 spiro atoms. The number of nitrogens with one attached hydrogen (secondary N) is 1. The van der Waals surface area contributed by atoms with Crippen molar-refractivity contribution in [3.8, 4) is 6.07 Å². The highest BCUT2D eigenvalue weighted by atomic mass is 35.5. The van der Waals surface area contributed by atoms with E-state index < -0.39 is 10.0 Å². The number of sulfonamides is 1. The number of nitrogens with zero attached hydrogens (tertiary/aromatic N) is 2. The molecule has 2 aromatic rings. The Hall–Kier alpha value is -1.44. The minimum atomic E-state index is -3.56. The zero-order valence-corrected chi connectivity index (χ0v) is 18.1. The number of carbonyl (C=O) groups excluding carboxylic acids is 1. The molecule has 10 heteroatoms. The molecular formula is C18H18ClN3O3S3. The molecule has 148 valence electrons. The standard InChI is InChI=1S/C18H18ClN3O3S3/c19-15-4-5-16(27-15)28(24,25)22-8-6-11(7-9-22)17(23)21-18-13(10-20)12-2-1-3-14(12)26-18/h4-5,11H,1-3,6-9H2,(H,21,23). The fourth-order valence-corrected chi connectivity index (χ4v) is 8.10. The Balaban J connectivity index is 1.40. The fraction of sp³-hybridized carbons (Fsp3) is 0.444. The lowest BCUT2D eigenvalue weighted by molar-refractivity contribution is -0.120. The van der Waals surface area contributed by atoms with Crippen molar-refractivity contribution in [3.05, 3.63) is 32.5 Å². The molecule has 1 fully saturated rings. The molecule has 2 aromatic heterocycles. The van der Waals surface area contributed by atoms with Gasteiger partial charge in [-0.2, -0.15) is 9.57 Å². The second kappa shape index (κ2) is 7.76. The summed E-state index contributed by atoms with van der Waals surface area (Å²) in [6, 6.07) is 5.32. The molecule has 1 aliphatic carbocycles. The van der Waals surface area contributed by atoms with Gasteiger partial charge in [0.05, 0.1) is 9.90 Å². The van der Waals surface area contributed by atoms with E-state index in [2.05, 4.69) is 11.4 Å². The first-order valence-corrected chi connectivity index (χ1v) is 12.5. The average molecular weight is 456 g/mol. The van der Waals surface area contributed by atoms with Gasteiger partial charge < -0.3 is 5.32 Å². The normalized spacial score (nSPS) is 18.0. The van der Waals surface area contributed by atoms with Crippen LogP contribution in [0.5, 0.6) is 0 Å². The highest BCUT2D eigenvalue weighted by molar-refractivity contribution is 7.91. The van der Waals surface area contributed by atoms with Crippen molar-refractivity contribution in [3.63, 3.8) is 0 Å². The third-order valence-electron chi connectivity index (χ3n) is 5.24. The summed E-state index contributed by atoms with van der Waals surface area (Å²) in [5.74, 6) is -0.394. The number of aryl methyl sites for hydroxylation is 1. The first-order chi connectivity index (χ1) is 13.4. The molecule has 4 rings (SSSR count). The van der Waals surface area contributed by atoms with E-state index in [0.717, 1.165) is 36.2 Å². The summed E-state index contributed by atoms with van der Waals surface area (Å²) in [6.07, 6.45) is 3.84. The molecule has 0 unspecified atom stereocenters. The Labute approximate surface area is 176 Å². The molecule has 28 heavy (non-hydrogen) atoms. The van der Waals surface area contributed by atoms with Crippen LogP contribution in [-0.4, -0.2) is 31.7 Å². The molecular weight excluding hydrogens is 438 g/mol. The van der Waals surface area contributed by atoms with Crippen molar-refractivity contribution in [2.24, 2.45) is 5.92 Å². The Morgan fingerprint density at radius 1 is 1.25 bits per heavy atom. The second-order valence-corrected chi connectivity index (χ2v) is 11.9. The molecule has 0 aromatic carbocycles. The molecule has 1 N–H and O–H groups in total. The zero-order chi connectivity index (χ0) is 19.9. The van der Waals surface area contributed by atoms with Gasteiger partial charge in [-0.3, -0.25) is 4.79 Å². The number of nitriles is 1. The molecule has 6 nitrogen and oxygen atoms in total. The second-order valence-electron chi connectivity index (χ2n) is 6.90. The number of halogens is 1. The summed E-state index contributed by atoms with van der Waals surface area (Å²) >= 11 is 8.40. The van der Waals surface area contributed by atoms with Gasteiger partial charge in [-0.05, 0) is 49.8 Å². The van der Waals surface area contributed by atoms with Crippen LogP contribution < -0.4 is 5.32 Å². The van der Waals surface area contributed by atoms with Gasteiger partial charge >= 0.3 is 0 Å². The summed E-state index contributed by atoms with van der Waals surface area (Å²) in [6.45, 7) is 0.587. The lowest BCUT2D eigenvalue weighted by Gasteiger charge is -2.30. The number of fused-ring (bicyclic) bond motifs is 1. The van der Waals surface area contributed by atoms with Crippen LogP contribution in [0.15, 0.2) is 16.3 Å². The van der Waals surface area contributed by atoms with E-state index in [1.165, 1.54) is 26.6 Å². The first kappa shape index (κ1) is 19.9. The number of hydrogen-bond acceptors (Lipinski definition) is 6. The van der Waals surface area contributed by atoms with Crippen LogP contribution in [-0.2, 0) is 27.7 Å². The summed E-state index contributed by atoms with van der Waals surface area (Å²) in [7, 11) is -3.56. The van der Waals surface area contributed by atoms with Gasteiger partial charge in [0.1, 0.15) is 15.3 Å². The van der Waals surface area contributed by atoms with Gasteiger partial charge in [-0.1, -0.05) is 11.6 Å². The number of anilines is 1. The highest BCUT2D eigenvalue weighted by Crippen LogP contribution is 2.39. The highest BCUT2D eigenvalue weighted by Gasteiger charge is 2.33. The van der Waals surface area contributed by atoms with Gasteiger partial charge in [0.2, 0.25) is 5.91 Å². The third kappa shape index (κ3) is 3.60. The smallest absolute Gasteiger partial charge is 0.252 e. The Bertz CT molecular complexity index is 1060. The largest absolute Gasteiger partial charge is 0.316 e. The SMILES string of the molecule is N#Cc1c(NC(=O)C2CCN(S(=O)(=O)c3ccc(Cl)s3)CC2)sc2c1CCC2. The molecule has 0 radical (unpaired) electrons. The monoisotopic (exact) mass is 455 g/mol. The van der Waals surface area contributed by atoms with Crippen LogP contribution in [0.4, 0.5) is 5.00 Å². The summed E-state index contributed by atoms with van der Waals surface area (Å²) in [5, 5.41) is 13.0. The van der Waals surface area contributed by atoms with Crippen LogP contribution in [0, 0.1) is 17.2 Å². The number of rotatable bonds is 4.